The van der Waals surface area contributed by atoms with Gasteiger partial charge in [-0.05, 0) is 43.4 Å². The standard InChI is InChI=1S/C21H23N3O3S/c1-13(2)18(20(25)24-11-6-8-15-7-4-5-9-17(15)24)28-21-23-22-19(27-21)16-10-12-26-14(16)3/h4-5,7,9-10,12-13,18H,6,8,11H2,1-3H3/t18-/m1/s1. The van der Waals surface area contributed by atoms with Gasteiger partial charge in [-0.15, -0.1) is 10.2 Å². The number of anilines is 1. The van der Waals surface area contributed by atoms with E-state index < -0.39 is 0 Å². The molecule has 7 heteroatoms. The highest BCUT2D eigenvalue weighted by Gasteiger charge is 2.33. The van der Waals surface area contributed by atoms with Crippen molar-refractivity contribution in [2.24, 2.45) is 5.92 Å². The first-order valence-corrected chi connectivity index (χ1v) is 10.4. The number of benzene rings is 1. The van der Waals surface area contributed by atoms with Crippen molar-refractivity contribution in [2.45, 2.75) is 44.1 Å². The molecule has 146 valence electrons. The van der Waals surface area contributed by atoms with Crippen molar-refractivity contribution in [3.8, 4) is 11.5 Å². The lowest BCUT2D eigenvalue weighted by Crippen LogP contribution is -2.42. The lowest BCUT2D eigenvalue weighted by atomic mass is 10.0. The van der Waals surface area contributed by atoms with Crippen LogP contribution in [0.3, 0.4) is 0 Å². The Bertz CT molecular complexity index is 979. The SMILES string of the molecule is Cc1occc1-c1nnc(S[C@@H](C(=O)N2CCCc3ccccc32)C(C)C)o1. The molecule has 1 aliphatic rings. The predicted octanol–water partition coefficient (Wildman–Crippen LogP) is 4.73. The first-order valence-electron chi connectivity index (χ1n) is 9.48. The summed E-state index contributed by atoms with van der Waals surface area (Å²) in [6, 6.07) is 9.94. The molecule has 1 aromatic carbocycles. The number of hydrogen-bond donors (Lipinski definition) is 0. The first-order chi connectivity index (χ1) is 13.5. The van der Waals surface area contributed by atoms with Gasteiger partial charge in [-0.3, -0.25) is 4.79 Å². The molecule has 28 heavy (non-hydrogen) atoms. The molecule has 0 aliphatic carbocycles. The van der Waals surface area contributed by atoms with E-state index in [1.807, 2.05) is 43.9 Å². The van der Waals surface area contributed by atoms with E-state index >= 15 is 0 Å². The highest BCUT2D eigenvalue weighted by molar-refractivity contribution is 8.00. The van der Waals surface area contributed by atoms with Crippen LogP contribution in [0.1, 0.15) is 31.6 Å². The molecule has 3 aromatic rings. The smallest absolute Gasteiger partial charge is 0.277 e. The lowest BCUT2D eigenvalue weighted by Gasteiger charge is -2.32. The molecule has 0 unspecified atom stereocenters. The van der Waals surface area contributed by atoms with Crippen LogP contribution in [0.4, 0.5) is 5.69 Å². The summed E-state index contributed by atoms with van der Waals surface area (Å²) in [4.78, 5) is 15.3. The molecule has 6 nitrogen and oxygen atoms in total. The molecule has 0 radical (unpaired) electrons. The molecule has 1 amide bonds. The molecule has 0 bridgehead atoms. The van der Waals surface area contributed by atoms with Crippen molar-refractivity contribution >= 4 is 23.4 Å². The molecule has 3 heterocycles. The van der Waals surface area contributed by atoms with Crippen LogP contribution in [0.2, 0.25) is 0 Å². The Labute approximate surface area is 168 Å². The molecule has 1 atom stereocenters. The molecule has 4 rings (SSSR count). The minimum Gasteiger partial charge on any atom is -0.469 e. The molecule has 0 spiro atoms. The fraction of sp³-hybridized carbons (Fsp3) is 0.381. The fourth-order valence-corrected chi connectivity index (χ4v) is 4.40. The number of carbonyl (C=O) groups excluding carboxylic acids is 1. The number of nitrogens with zero attached hydrogens (tertiary/aromatic N) is 3. The van der Waals surface area contributed by atoms with Crippen LogP contribution in [0.15, 0.2) is 50.7 Å². The van der Waals surface area contributed by atoms with Gasteiger partial charge in [0.15, 0.2) is 0 Å². The third-order valence-corrected chi connectivity index (χ3v) is 6.32. The van der Waals surface area contributed by atoms with Crippen molar-refractivity contribution < 1.29 is 13.6 Å². The summed E-state index contributed by atoms with van der Waals surface area (Å²) < 4.78 is 11.1. The van der Waals surface area contributed by atoms with Gasteiger partial charge in [0.2, 0.25) is 5.91 Å². The average molecular weight is 398 g/mol. The van der Waals surface area contributed by atoms with Crippen molar-refractivity contribution in [1.29, 1.82) is 0 Å². The molecule has 0 N–H and O–H groups in total. The maximum atomic E-state index is 13.4. The molecule has 0 saturated heterocycles. The quantitative estimate of drug-likeness (QED) is 0.579. The normalized spacial score (nSPS) is 14.9. The third kappa shape index (κ3) is 3.58. The molecule has 0 saturated carbocycles. The second-order valence-corrected chi connectivity index (χ2v) is 8.36. The second kappa shape index (κ2) is 7.83. The Hall–Kier alpha value is -2.54. The van der Waals surface area contributed by atoms with E-state index in [0.29, 0.717) is 11.1 Å². The van der Waals surface area contributed by atoms with Gasteiger partial charge < -0.3 is 13.7 Å². The number of rotatable bonds is 5. The van der Waals surface area contributed by atoms with E-state index in [0.717, 1.165) is 36.4 Å². The lowest BCUT2D eigenvalue weighted by molar-refractivity contribution is -0.118. The number of para-hydroxylation sites is 1. The summed E-state index contributed by atoms with van der Waals surface area (Å²) >= 11 is 1.34. The van der Waals surface area contributed by atoms with Crippen molar-refractivity contribution in [2.75, 3.05) is 11.4 Å². The molecular weight excluding hydrogens is 374 g/mol. The summed E-state index contributed by atoms with van der Waals surface area (Å²) in [5, 5.41) is 8.35. The number of fused-ring (bicyclic) bond motifs is 1. The zero-order chi connectivity index (χ0) is 19.7. The van der Waals surface area contributed by atoms with E-state index in [4.69, 9.17) is 8.83 Å². The number of aromatic nitrogens is 2. The fourth-order valence-electron chi connectivity index (χ4n) is 3.47. The molecular formula is C21H23N3O3S. The van der Waals surface area contributed by atoms with Gasteiger partial charge >= 0.3 is 0 Å². The number of carbonyl (C=O) groups is 1. The maximum Gasteiger partial charge on any atom is 0.277 e. The number of thioether (sulfide) groups is 1. The van der Waals surface area contributed by atoms with Crippen LogP contribution < -0.4 is 4.90 Å². The summed E-state index contributed by atoms with van der Waals surface area (Å²) in [6.45, 7) is 6.68. The number of hydrogen-bond acceptors (Lipinski definition) is 6. The van der Waals surface area contributed by atoms with Crippen LogP contribution in [0.5, 0.6) is 0 Å². The summed E-state index contributed by atoms with van der Waals surface area (Å²) in [7, 11) is 0. The van der Waals surface area contributed by atoms with Crippen molar-refractivity contribution in [3.05, 3.63) is 47.9 Å². The monoisotopic (exact) mass is 397 g/mol. The Balaban J connectivity index is 1.56. The molecule has 1 aliphatic heterocycles. The first kappa shape index (κ1) is 18.8. The topological polar surface area (TPSA) is 72.4 Å². The summed E-state index contributed by atoms with van der Waals surface area (Å²) in [5.41, 5.74) is 3.02. The van der Waals surface area contributed by atoms with Gasteiger partial charge in [-0.25, -0.2) is 0 Å². The van der Waals surface area contributed by atoms with Crippen LogP contribution in [0.25, 0.3) is 11.5 Å². The van der Waals surface area contributed by atoms with Gasteiger partial charge in [0.05, 0.1) is 17.1 Å². The average Bonchev–Trinajstić information content (AvgIpc) is 3.33. The van der Waals surface area contributed by atoms with Gasteiger partial charge in [-0.2, -0.15) is 0 Å². The minimum absolute atomic E-state index is 0.0893. The third-order valence-electron chi connectivity index (χ3n) is 4.95. The summed E-state index contributed by atoms with van der Waals surface area (Å²) in [5.74, 6) is 1.35. The van der Waals surface area contributed by atoms with E-state index in [1.165, 1.54) is 17.3 Å². The van der Waals surface area contributed by atoms with Gasteiger partial charge in [-0.1, -0.05) is 43.8 Å². The molecule has 2 aromatic heterocycles. The van der Waals surface area contributed by atoms with Crippen LogP contribution in [0, 0.1) is 12.8 Å². The van der Waals surface area contributed by atoms with Gasteiger partial charge in [0.1, 0.15) is 5.76 Å². The zero-order valence-electron chi connectivity index (χ0n) is 16.2. The van der Waals surface area contributed by atoms with Gasteiger partial charge in [0, 0.05) is 12.2 Å². The van der Waals surface area contributed by atoms with E-state index in [9.17, 15) is 4.79 Å². The largest absolute Gasteiger partial charge is 0.469 e. The number of amides is 1. The Morgan fingerprint density at radius 1 is 1.21 bits per heavy atom. The molecule has 0 fully saturated rings. The number of aryl methyl sites for hydroxylation is 2. The highest BCUT2D eigenvalue weighted by Crippen LogP contribution is 2.34. The number of furan rings is 1. The van der Waals surface area contributed by atoms with Crippen molar-refractivity contribution in [3.63, 3.8) is 0 Å². The highest BCUT2D eigenvalue weighted by atomic mass is 32.2. The van der Waals surface area contributed by atoms with Crippen LogP contribution in [-0.4, -0.2) is 27.9 Å². The predicted molar refractivity (Wildman–Crippen MR) is 108 cm³/mol. The van der Waals surface area contributed by atoms with Crippen molar-refractivity contribution in [1.82, 2.24) is 10.2 Å². The van der Waals surface area contributed by atoms with E-state index in [1.54, 1.807) is 12.3 Å². The summed E-state index contributed by atoms with van der Waals surface area (Å²) in [6.07, 6.45) is 3.58. The second-order valence-electron chi connectivity index (χ2n) is 7.27. The van der Waals surface area contributed by atoms with E-state index in [-0.39, 0.29) is 17.1 Å². The Morgan fingerprint density at radius 2 is 2.04 bits per heavy atom. The van der Waals surface area contributed by atoms with Gasteiger partial charge in [0.25, 0.3) is 11.1 Å². The maximum absolute atomic E-state index is 13.4. The minimum atomic E-state index is -0.301. The Morgan fingerprint density at radius 3 is 2.79 bits per heavy atom. The zero-order valence-corrected chi connectivity index (χ0v) is 17.0. The van der Waals surface area contributed by atoms with Crippen LogP contribution >= 0.6 is 11.8 Å². The Kier molecular flexibility index (Phi) is 5.26. The van der Waals surface area contributed by atoms with Crippen LogP contribution in [-0.2, 0) is 11.2 Å². The van der Waals surface area contributed by atoms with E-state index in [2.05, 4.69) is 16.3 Å².